The quantitative estimate of drug-likeness (QED) is 0.625. The van der Waals surface area contributed by atoms with Gasteiger partial charge in [-0.1, -0.05) is 13.8 Å². The summed E-state index contributed by atoms with van der Waals surface area (Å²) < 4.78 is 15.7. The summed E-state index contributed by atoms with van der Waals surface area (Å²) in [6.45, 7) is 7.78. The van der Waals surface area contributed by atoms with Crippen LogP contribution in [0.25, 0.3) is 0 Å². The van der Waals surface area contributed by atoms with Crippen molar-refractivity contribution >= 4 is 9.73 Å². The lowest BCUT2D eigenvalue weighted by Gasteiger charge is -2.05. The Kier molecular flexibility index (Phi) is 3.94. The van der Waals surface area contributed by atoms with Crippen molar-refractivity contribution in [2.24, 2.45) is 4.36 Å². The molecule has 0 aliphatic carbocycles. The van der Waals surface area contributed by atoms with Crippen LogP contribution >= 0.6 is 0 Å². The summed E-state index contributed by atoms with van der Waals surface area (Å²) in [5, 5.41) is 0. The van der Waals surface area contributed by atoms with Crippen molar-refractivity contribution in [3.8, 4) is 0 Å². The lowest BCUT2D eigenvalue weighted by molar-refractivity contribution is 0.672. The largest absolute Gasteiger partial charge is 0.250 e. The average Bonchev–Trinajstić information content (AvgIpc) is 1.87. The van der Waals surface area contributed by atoms with E-state index in [-0.39, 0.29) is 6.04 Å². The summed E-state index contributed by atoms with van der Waals surface area (Å²) >= 11 is 0. The van der Waals surface area contributed by atoms with Crippen molar-refractivity contribution in [2.75, 3.05) is 11.5 Å². The van der Waals surface area contributed by atoms with Crippen LogP contribution in [0.2, 0.25) is 0 Å². The van der Waals surface area contributed by atoms with Gasteiger partial charge in [0.15, 0.2) is 0 Å². The first kappa shape index (κ1) is 9.95. The highest BCUT2D eigenvalue weighted by atomic mass is 32.2. The summed E-state index contributed by atoms with van der Waals surface area (Å²) in [4.78, 5) is 0. The molecule has 0 N–H and O–H groups in total. The van der Waals surface area contributed by atoms with Gasteiger partial charge in [-0.2, -0.15) is 0 Å². The number of nitrogens with zero attached hydrogens (tertiary/aromatic N) is 1. The SMILES string of the molecule is CCS(=O)(CC)=NC(C)C. The van der Waals surface area contributed by atoms with E-state index < -0.39 is 9.73 Å². The van der Waals surface area contributed by atoms with Gasteiger partial charge in [0.05, 0.1) is 6.04 Å². The fourth-order valence-electron chi connectivity index (χ4n) is 0.737. The Bertz CT molecular complexity index is 180. The maximum Gasteiger partial charge on any atom is 0.0537 e. The van der Waals surface area contributed by atoms with E-state index in [9.17, 15) is 4.21 Å². The topological polar surface area (TPSA) is 29.4 Å². The van der Waals surface area contributed by atoms with Crippen molar-refractivity contribution in [2.45, 2.75) is 33.7 Å². The zero-order chi connectivity index (χ0) is 8.20. The predicted molar refractivity (Wildman–Crippen MR) is 46.8 cm³/mol. The summed E-state index contributed by atoms with van der Waals surface area (Å²) in [5.41, 5.74) is 0. The monoisotopic (exact) mass is 163 g/mol. The molecule has 0 radical (unpaired) electrons. The molecule has 0 aliphatic rings. The highest BCUT2D eigenvalue weighted by molar-refractivity contribution is 7.93. The van der Waals surface area contributed by atoms with Crippen LogP contribution in [0.4, 0.5) is 0 Å². The van der Waals surface area contributed by atoms with Gasteiger partial charge in [0.1, 0.15) is 0 Å². The second kappa shape index (κ2) is 3.96. The number of rotatable bonds is 3. The van der Waals surface area contributed by atoms with Crippen LogP contribution in [0.1, 0.15) is 27.7 Å². The van der Waals surface area contributed by atoms with Gasteiger partial charge in [0, 0.05) is 21.2 Å². The van der Waals surface area contributed by atoms with Gasteiger partial charge in [-0.25, -0.2) is 8.57 Å². The predicted octanol–water partition coefficient (Wildman–Crippen LogP) is 1.90. The highest BCUT2D eigenvalue weighted by Gasteiger charge is 2.02. The van der Waals surface area contributed by atoms with Crippen LogP contribution in [0.3, 0.4) is 0 Å². The molecular weight excluding hydrogens is 146 g/mol. The third kappa shape index (κ3) is 3.20. The smallest absolute Gasteiger partial charge is 0.0537 e. The molecule has 0 aromatic heterocycles. The second-order valence-electron chi connectivity index (χ2n) is 2.55. The Labute approximate surface area is 64.2 Å². The van der Waals surface area contributed by atoms with Gasteiger partial charge in [0.25, 0.3) is 0 Å². The maximum atomic E-state index is 11.6. The van der Waals surface area contributed by atoms with Gasteiger partial charge < -0.3 is 0 Å². The van der Waals surface area contributed by atoms with Crippen LogP contribution in [0.5, 0.6) is 0 Å². The molecular formula is C7H17NOS. The van der Waals surface area contributed by atoms with Crippen molar-refractivity contribution in [1.82, 2.24) is 0 Å². The molecule has 0 amide bonds. The molecule has 0 heterocycles. The van der Waals surface area contributed by atoms with Crippen LogP contribution in [0, 0.1) is 0 Å². The first-order valence-corrected chi connectivity index (χ1v) is 5.61. The van der Waals surface area contributed by atoms with E-state index in [0.29, 0.717) is 11.5 Å². The Morgan fingerprint density at radius 1 is 1.30 bits per heavy atom. The molecule has 0 saturated carbocycles. The normalized spacial score (nSPS) is 12.1. The molecule has 0 saturated heterocycles. The zero-order valence-corrected chi connectivity index (χ0v) is 8.07. The Balaban J connectivity index is 4.48. The van der Waals surface area contributed by atoms with Crippen LogP contribution < -0.4 is 0 Å². The summed E-state index contributed by atoms with van der Waals surface area (Å²) in [7, 11) is -1.84. The van der Waals surface area contributed by atoms with Gasteiger partial charge in [0.2, 0.25) is 0 Å². The molecule has 0 aliphatic heterocycles. The number of hydrogen-bond donors (Lipinski definition) is 0. The van der Waals surface area contributed by atoms with Crippen LogP contribution in [0.15, 0.2) is 4.36 Å². The summed E-state index contributed by atoms with van der Waals surface area (Å²) in [6, 6.07) is 0.201. The molecule has 0 aromatic rings. The molecule has 0 fully saturated rings. The number of hydrogen-bond acceptors (Lipinski definition) is 2. The first-order chi connectivity index (χ1) is 4.54. The lowest BCUT2D eigenvalue weighted by Crippen LogP contribution is -2.08. The minimum atomic E-state index is -1.84. The summed E-state index contributed by atoms with van der Waals surface area (Å²) in [5.74, 6) is 1.36. The molecule has 0 rings (SSSR count). The molecule has 3 heteroatoms. The molecule has 0 aromatic carbocycles. The van der Waals surface area contributed by atoms with E-state index in [1.807, 2.05) is 27.7 Å². The van der Waals surface area contributed by atoms with E-state index in [1.165, 1.54) is 0 Å². The fourth-order valence-corrected chi connectivity index (χ4v) is 2.21. The van der Waals surface area contributed by atoms with Gasteiger partial charge in [-0.05, 0) is 13.8 Å². The summed E-state index contributed by atoms with van der Waals surface area (Å²) in [6.07, 6.45) is 0. The van der Waals surface area contributed by atoms with E-state index in [4.69, 9.17) is 0 Å². The second-order valence-corrected chi connectivity index (χ2v) is 5.46. The van der Waals surface area contributed by atoms with Gasteiger partial charge in [-0.15, -0.1) is 0 Å². The molecule has 0 unspecified atom stereocenters. The third-order valence-electron chi connectivity index (χ3n) is 1.31. The molecule has 0 bridgehead atoms. The average molecular weight is 163 g/mol. The highest BCUT2D eigenvalue weighted by Crippen LogP contribution is 1.99. The zero-order valence-electron chi connectivity index (χ0n) is 7.26. The van der Waals surface area contributed by atoms with E-state index in [0.717, 1.165) is 0 Å². The lowest BCUT2D eigenvalue weighted by atomic mass is 10.4. The molecule has 0 spiro atoms. The van der Waals surface area contributed by atoms with E-state index in [1.54, 1.807) is 0 Å². The van der Waals surface area contributed by atoms with Crippen molar-refractivity contribution in [3.63, 3.8) is 0 Å². The standard InChI is InChI=1S/C7H17NOS/c1-5-10(9,6-2)8-7(3)4/h7H,5-6H2,1-4H3. The van der Waals surface area contributed by atoms with Crippen molar-refractivity contribution < 1.29 is 4.21 Å². The van der Waals surface area contributed by atoms with Gasteiger partial charge in [-0.3, -0.25) is 0 Å². The van der Waals surface area contributed by atoms with Crippen molar-refractivity contribution in [3.05, 3.63) is 0 Å². The fraction of sp³-hybridized carbons (Fsp3) is 1.00. The minimum Gasteiger partial charge on any atom is -0.250 e. The Hall–Kier alpha value is -0.0500. The van der Waals surface area contributed by atoms with Gasteiger partial charge >= 0.3 is 0 Å². The molecule has 62 valence electrons. The molecule has 2 nitrogen and oxygen atoms in total. The Morgan fingerprint density at radius 2 is 1.70 bits per heavy atom. The maximum absolute atomic E-state index is 11.6. The van der Waals surface area contributed by atoms with E-state index in [2.05, 4.69) is 4.36 Å². The first-order valence-electron chi connectivity index (χ1n) is 3.75. The van der Waals surface area contributed by atoms with E-state index >= 15 is 0 Å². The van der Waals surface area contributed by atoms with Crippen LogP contribution in [-0.4, -0.2) is 21.8 Å². The third-order valence-corrected chi connectivity index (χ3v) is 3.92. The Morgan fingerprint density at radius 3 is 1.80 bits per heavy atom. The minimum absolute atomic E-state index is 0.201. The molecule has 0 atom stereocenters. The van der Waals surface area contributed by atoms with Crippen molar-refractivity contribution in [1.29, 1.82) is 0 Å². The van der Waals surface area contributed by atoms with Crippen LogP contribution in [-0.2, 0) is 9.73 Å². The molecule has 10 heavy (non-hydrogen) atoms.